The summed E-state index contributed by atoms with van der Waals surface area (Å²) < 4.78 is 5.24. The van der Waals surface area contributed by atoms with Crippen LogP contribution in [-0.4, -0.2) is 22.8 Å². The van der Waals surface area contributed by atoms with Crippen LogP contribution in [-0.2, 0) is 16.0 Å². The summed E-state index contributed by atoms with van der Waals surface area (Å²) in [6.07, 6.45) is 21.2. The van der Waals surface area contributed by atoms with Gasteiger partial charge >= 0.3 is 5.97 Å². The number of rotatable bonds is 19. The number of ether oxygens (including phenoxy) is 1. The number of phenolic OH excluding ortho intramolecular Hbond substituents is 2. The van der Waals surface area contributed by atoms with Crippen molar-refractivity contribution in [1.82, 2.24) is 0 Å². The first-order chi connectivity index (χ1) is 14.6. The molecule has 0 radical (unpaired) electrons. The Labute approximate surface area is 184 Å². The fourth-order valence-corrected chi connectivity index (χ4v) is 3.81. The molecule has 0 aliphatic heterocycles. The number of hydrogen-bond acceptors (Lipinski definition) is 4. The minimum atomic E-state index is -0.319. The third kappa shape index (κ3) is 15.2. The van der Waals surface area contributed by atoms with Crippen LogP contribution in [0.5, 0.6) is 11.5 Å². The molecular formula is C26H44O4. The number of benzene rings is 1. The average Bonchev–Trinajstić information content (AvgIpc) is 2.69. The van der Waals surface area contributed by atoms with E-state index in [9.17, 15) is 15.0 Å². The highest BCUT2D eigenvalue weighted by molar-refractivity contribution is 5.72. The maximum atomic E-state index is 11.8. The van der Waals surface area contributed by atoms with Crippen LogP contribution in [0.4, 0.5) is 0 Å². The van der Waals surface area contributed by atoms with Crippen LogP contribution in [0.15, 0.2) is 18.2 Å². The van der Waals surface area contributed by atoms with Gasteiger partial charge in [0.05, 0.1) is 13.0 Å². The van der Waals surface area contributed by atoms with E-state index in [1.54, 1.807) is 0 Å². The lowest BCUT2D eigenvalue weighted by atomic mass is 10.0. The summed E-state index contributed by atoms with van der Waals surface area (Å²) >= 11 is 0. The number of carbonyl (C=O) groups is 1. The van der Waals surface area contributed by atoms with Crippen LogP contribution >= 0.6 is 0 Å². The van der Waals surface area contributed by atoms with Crippen molar-refractivity contribution in [1.29, 1.82) is 0 Å². The molecule has 2 N–H and O–H groups in total. The predicted octanol–water partition coefficient (Wildman–Crippen LogP) is 7.45. The Hall–Kier alpha value is -1.71. The molecule has 0 aliphatic carbocycles. The lowest BCUT2D eigenvalue weighted by Crippen LogP contribution is -2.09. The standard InChI is InChI=1S/C26H44O4/c1-2-3-4-5-6-7-8-9-10-11-12-13-14-15-16-17-18-30-26(29)21-23-19-24(27)22-25(28)20-23/h19-20,22,27-28H,2-18,21H2,1H3. The smallest absolute Gasteiger partial charge is 0.310 e. The Morgan fingerprint density at radius 1 is 0.667 bits per heavy atom. The second-order valence-corrected chi connectivity index (χ2v) is 8.56. The van der Waals surface area contributed by atoms with Crippen molar-refractivity contribution >= 4 is 5.97 Å². The average molecular weight is 421 g/mol. The highest BCUT2D eigenvalue weighted by Crippen LogP contribution is 2.21. The molecular weight excluding hydrogens is 376 g/mol. The molecule has 4 nitrogen and oxygen atoms in total. The molecule has 0 fully saturated rings. The fourth-order valence-electron chi connectivity index (χ4n) is 3.81. The molecule has 172 valence electrons. The summed E-state index contributed by atoms with van der Waals surface area (Å²) in [4.78, 5) is 11.8. The molecule has 0 spiro atoms. The van der Waals surface area contributed by atoms with Crippen LogP contribution in [0.2, 0.25) is 0 Å². The molecule has 0 saturated carbocycles. The van der Waals surface area contributed by atoms with Crippen molar-refractivity contribution in [3.05, 3.63) is 23.8 Å². The minimum absolute atomic E-state index is 0.0457. The van der Waals surface area contributed by atoms with E-state index in [0.717, 1.165) is 12.8 Å². The molecule has 0 heterocycles. The van der Waals surface area contributed by atoms with Crippen LogP contribution in [0.25, 0.3) is 0 Å². The first-order valence-corrected chi connectivity index (χ1v) is 12.3. The lowest BCUT2D eigenvalue weighted by Gasteiger charge is -2.06. The molecule has 0 atom stereocenters. The van der Waals surface area contributed by atoms with Crippen LogP contribution < -0.4 is 0 Å². The van der Waals surface area contributed by atoms with Gasteiger partial charge in [0, 0.05) is 6.07 Å². The largest absolute Gasteiger partial charge is 0.508 e. The van der Waals surface area contributed by atoms with E-state index in [1.165, 1.54) is 108 Å². The van der Waals surface area contributed by atoms with Crippen LogP contribution in [0.1, 0.15) is 115 Å². The topological polar surface area (TPSA) is 66.8 Å². The number of carbonyl (C=O) groups excluding carboxylic acids is 1. The van der Waals surface area contributed by atoms with Gasteiger partial charge < -0.3 is 14.9 Å². The quantitative estimate of drug-likeness (QED) is 0.180. The van der Waals surface area contributed by atoms with Crippen LogP contribution in [0, 0.1) is 0 Å². The van der Waals surface area contributed by atoms with Crippen molar-refractivity contribution in [3.63, 3.8) is 0 Å². The number of unbranched alkanes of at least 4 members (excludes halogenated alkanes) is 15. The highest BCUT2D eigenvalue weighted by Gasteiger charge is 2.07. The fraction of sp³-hybridized carbons (Fsp3) is 0.731. The van der Waals surface area contributed by atoms with Crippen molar-refractivity contribution < 1.29 is 19.7 Å². The van der Waals surface area contributed by atoms with Gasteiger partial charge in [0.2, 0.25) is 0 Å². The first kappa shape index (κ1) is 26.3. The molecule has 30 heavy (non-hydrogen) atoms. The van der Waals surface area contributed by atoms with Gasteiger partial charge in [-0.25, -0.2) is 0 Å². The summed E-state index contributed by atoms with van der Waals surface area (Å²) in [5, 5.41) is 18.9. The summed E-state index contributed by atoms with van der Waals surface area (Å²) in [5.74, 6) is -0.410. The molecule has 0 amide bonds. The maximum Gasteiger partial charge on any atom is 0.310 e. The Balaban J connectivity index is 1.82. The molecule has 0 bridgehead atoms. The molecule has 0 aromatic heterocycles. The van der Waals surface area contributed by atoms with Gasteiger partial charge in [0.25, 0.3) is 0 Å². The van der Waals surface area contributed by atoms with Gasteiger partial charge in [-0.2, -0.15) is 0 Å². The molecule has 0 saturated heterocycles. The van der Waals surface area contributed by atoms with E-state index in [1.807, 2.05) is 0 Å². The van der Waals surface area contributed by atoms with Gasteiger partial charge in [0.1, 0.15) is 11.5 Å². The van der Waals surface area contributed by atoms with E-state index < -0.39 is 0 Å². The van der Waals surface area contributed by atoms with Crippen molar-refractivity contribution in [2.24, 2.45) is 0 Å². The number of esters is 1. The van der Waals surface area contributed by atoms with Crippen molar-refractivity contribution in [2.45, 2.75) is 116 Å². The molecule has 0 aliphatic rings. The Kier molecular flexibility index (Phi) is 15.9. The van der Waals surface area contributed by atoms with Gasteiger partial charge in [-0.3, -0.25) is 4.79 Å². The normalized spacial score (nSPS) is 11.0. The van der Waals surface area contributed by atoms with E-state index in [4.69, 9.17) is 4.74 Å². The summed E-state index contributed by atoms with van der Waals surface area (Å²) in [6.45, 7) is 2.72. The molecule has 1 aromatic carbocycles. The number of hydrogen-bond donors (Lipinski definition) is 2. The Morgan fingerprint density at radius 3 is 1.50 bits per heavy atom. The van der Waals surface area contributed by atoms with Gasteiger partial charge in [-0.05, 0) is 24.1 Å². The summed E-state index contributed by atoms with van der Waals surface area (Å²) in [5.41, 5.74) is 0.560. The zero-order valence-corrected chi connectivity index (χ0v) is 19.2. The Morgan fingerprint density at radius 2 is 1.07 bits per heavy atom. The second kappa shape index (κ2) is 18.1. The molecule has 0 unspecified atom stereocenters. The molecule has 1 rings (SSSR count). The van der Waals surface area contributed by atoms with Crippen molar-refractivity contribution in [3.8, 4) is 11.5 Å². The summed E-state index contributed by atoms with van der Waals surface area (Å²) in [7, 11) is 0. The molecule has 1 aromatic rings. The lowest BCUT2D eigenvalue weighted by molar-refractivity contribution is -0.142. The van der Waals surface area contributed by atoms with Gasteiger partial charge in [-0.15, -0.1) is 0 Å². The molecule has 4 heteroatoms. The first-order valence-electron chi connectivity index (χ1n) is 12.3. The van der Waals surface area contributed by atoms with E-state index >= 15 is 0 Å². The monoisotopic (exact) mass is 420 g/mol. The van der Waals surface area contributed by atoms with E-state index in [-0.39, 0.29) is 23.9 Å². The van der Waals surface area contributed by atoms with Gasteiger partial charge in [0.15, 0.2) is 0 Å². The zero-order chi connectivity index (χ0) is 21.9. The zero-order valence-electron chi connectivity index (χ0n) is 19.2. The number of phenols is 2. The predicted molar refractivity (Wildman–Crippen MR) is 124 cm³/mol. The summed E-state index contributed by atoms with van der Waals surface area (Å²) in [6, 6.07) is 4.18. The van der Waals surface area contributed by atoms with Gasteiger partial charge in [-0.1, -0.05) is 103 Å². The maximum absolute atomic E-state index is 11.8. The Bertz CT molecular complexity index is 536. The minimum Gasteiger partial charge on any atom is -0.508 e. The number of aromatic hydroxyl groups is 2. The van der Waals surface area contributed by atoms with Crippen molar-refractivity contribution in [2.75, 3.05) is 6.61 Å². The third-order valence-electron chi connectivity index (χ3n) is 5.57. The SMILES string of the molecule is CCCCCCCCCCCCCCCCCCOC(=O)Cc1cc(O)cc(O)c1. The third-order valence-corrected chi connectivity index (χ3v) is 5.57. The van der Waals surface area contributed by atoms with E-state index in [0.29, 0.717) is 12.2 Å². The van der Waals surface area contributed by atoms with E-state index in [2.05, 4.69) is 6.92 Å². The second-order valence-electron chi connectivity index (χ2n) is 8.56. The van der Waals surface area contributed by atoms with Crippen LogP contribution in [0.3, 0.4) is 0 Å². The highest BCUT2D eigenvalue weighted by atomic mass is 16.5.